The Kier molecular flexibility index (Phi) is 8.35. The third-order valence-corrected chi connectivity index (χ3v) is 8.48. The van der Waals surface area contributed by atoms with E-state index in [1.165, 1.54) is 35.5 Å². The summed E-state index contributed by atoms with van der Waals surface area (Å²) in [7, 11) is -7.38. The standard InChI is InChI=1S/C21H29N3O5S2/c1-5-24(6-2)31(28,29)20-14-12-18(13-15-20)16(3)22-21(25)17(4)23-30(26,27)19-10-8-7-9-11-19/h7-17,23H,5-6H2,1-4H3,(H,22,25)/t16?,17-/m0/s1. The van der Waals surface area contributed by atoms with Gasteiger partial charge in [0.15, 0.2) is 0 Å². The van der Waals surface area contributed by atoms with Crippen LogP contribution in [0, 0.1) is 0 Å². The molecule has 0 aliphatic rings. The maximum absolute atomic E-state index is 12.6. The van der Waals surface area contributed by atoms with Gasteiger partial charge < -0.3 is 5.32 Å². The Morgan fingerprint density at radius 3 is 1.94 bits per heavy atom. The zero-order chi connectivity index (χ0) is 23.2. The molecule has 0 radical (unpaired) electrons. The summed E-state index contributed by atoms with van der Waals surface area (Å²) in [5.41, 5.74) is 0.699. The minimum Gasteiger partial charge on any atom is -0.348 e. The summed E-state index contributed by atoms with van der Waals surface area (Å²) >= 11 is 0. The van der Waals surface area contributed by atoms with Crippen molar-refractivity contribution in [2.75, 3.05) is 13.1 Å². The molecule has 0 spiro atoms. The van der Waals surface area contributed by atoms with Gasteiger partial charge in [0.05, 0.1) is 21.9 Å². The van der Waals surface area contributed by atoms with Crippen LogP contribution < -0.4 is 10.0 Å². The van der Waals surface area contributed by atoms with Gasteiger partial charge in [-0.15, -0.1) is 0 Å². The lowest BCUT2D eigenvalue weighted by Gasteiger charge is -2.20. The molecule has 0 aromatic heterocycles. The van der Waals surface area contributed by atoms with E-state index in [2.05, 4.69) is 10.0 Å². The van der Waals surface area contributed by atoms with Crippen LogP contribution >= 0.6 is 0 Å². The van der Waals surface area contributed by atoms with Gasteiger partial charge in [0.2, 0.25) is 26.0 Å². The third-order valence-electron chi connectivity index (χ3n) is 4.86. The van der Waals surface area contributed by atoms with E-state index in [9.17, 15) is 21.6 Å². The number of nitrogens with one attached hydrogen (secondary N) is 2. The number of sulfonamides is 2. The molecule has 31 heavy (non-hydrogen) atoms. The molecule has 0 bridgehead atoms. The number of amides is 1. The fourth-order valence-electron chi connectivity index (χ4n) is 3.02. The van der Waals surface area contributed by atoms with Crippen molar-refractivity contribution < 1.29 is 21.6 Å². The van der Waals surface area contributed by atoms with Crippen LogP contribution in [0.25, 0.3) is 0 Å². The van der Waals surface area contributed by atoms with Gasteiger partial charge in [0.1, 0.15) is 0 Å². The maximum atomic E-state index is 12.6. The second-order valence-corrected chi connectivity index (χ2v) is 10.7. The molecular formula is C21H29N3O5S2. The molecule has 2 rings (SSSR count). The normalized spacial score (nSPS) is 14.2. The van der Waals surface area contributed by atoms with Crippen molar-refractivity contribution in [1.29, 1.82) is 0 Å². The Morgan fingerprint density at radius 1 is 0.871 bits per heavy atom. The second kappa shape index (κ2) is 10.4. The predicted molar refractivity (Wildman–Crippen MR) is 119 cm³/mol. The van der Waals surface area contributed by atoms with Crippen LogP contribution in [0.1, 0.15) is 39.3 Å². The highest BCUT2D eigenvalue weighted by Gasteiger charge is 2.24. The van der Waals surface area contributed by atoms with Crippen molar-refractivity contribution >= 4 is 26.0 Å². The number of carbonyl (C=O) groups excluding carboxylic acids is 1. The monoisotopic (exact) mass is 467 g/mol. The van der Waals surface area contributed by atoms with Crippen molar-refractivity contribution in [1.82, 2.24) is 14.3 Å². The third kappa shape index (κ3) is 6.13. The lowest BCUT2D eigenvalue weighted by molar-refractivity contribution is -0.123. The van der Waals surface area contributed by atoms with Gasteiger partial charge in [-0.2, -0.15) is 9.03 Å². The van der Waals surface area contributed by atoms with Gasteiger partial charge in [-0.3, -0.25) is 4.79 Å². The largest absolute Gasteiger partial charge is 0.348 e. The van der Waals surface area contributed by atoms with Gasteiger partial charge in [-0.1, -0.05) is 44.2 Å². The first-order chi connectivity index (χ1) is 14.5. The maximum Gasteiger partial charge on any atom is 0.243 e. The van der Waals surface area contributed by atoms with E-state index >= 15 is 0 Å². The van der Waals surface area contributed by atoms with Gasteiger partial charge in [0, 0.05) is 13.1 Å². The summed E-state index contributed by atoms with van der Waals surface area (Å²) in [5, 5.41) is 2.75. The molecule has 2 aromatic carbocycles. The van der Waals surface area contributed by atoms with Gasteiger partial charge in [0.25, 0.3) is 0 Å². The minimum atomic E-state index is -3.82. The summed E-state index contributed by atoms with van der Waals surface area (Å²) in [6.07, 6.45) is 0. The molecule has 0 saturated carbocycles. The highest BCUT2D eigenvalue weighted by atomic mass is 32.2. The average molecular weight is 468 g/mol. The van der Waals surface area contributed by atoms with Crippen LogP contribution in [0.15, 0.2) is 64.4 Å². The van der Waals surface area contributed by atoms with Gasteiger partial charge in [-0.25, -0.2) is 16.8 Å². The minimum absolute atomic E-state index is 0.0766. The first kappa shape index (κ1) is 25.0. The van der Waals surface area contributed by atoms with E-state index < -0.39 is 38.0 Å². The summed E-state index contributed by atoms with van der Waals surface area (Å²) < 4.78 is 53.7. The Hall–Kier alpha value is -2.27. The average Bonchev–Trinajstić information content (AvgIpc) is 2.74. The number of benzene rings is 2. The molecule has 8 nitrogen and oxygen atoms in total. The van der Waals surface area contributed by atoms with Crippen LogP contribution in [0.2, 0.25) is 0 Å². The molecule has 170 valence electrons. The zero-order valence-corrected chi connectivity index (χ0v) is 19.7. The Morgan fingerprint density at radius 2 is 1.42 bits per heavy atom. The van der Waals surface area contributed by atoms with Crippen LogP contribution in [0.5, 0.6) is 0 Å². The molecule has 10 heteroatoms. The Balaban J connectivity index is 2.06. The quantitative estimate of drug-likeness (QED) is 0.557. The first-order valence-electron chi connectivity index (χ1n) is 10.0. The van der Waals surface area contributed by atoms with Crippen LogP contribution in [-0.2, 0) is 24.8 Å². The van der Waals surface area contributed by atoms with Gasteiger partial charge in [-0.05, 0) is 43.7 Å². The second-order valence-electron chi connectivity index (χ2n) is 7.04. The van der Waals surface area contributed by atoms with Crippen LogP contribution in [0.4, 0.5) is 0 Å². The Labute approximate surface area is 184 Å². The molecule has 0 heterocycles. The predicted octanol–water partition coefficient (Wildman–Crippen LogP) is 2.26. The van der Waals surface area contributed by atoms with E-state index in [0.29, 0.717) is 18.7 Å². The fourth-order valence-corrected chi connectivity index (χ4v) is 5.70. The molecule has 2 N–H and O–H groups in total. The fraction of sp³-hybridized carbons (Fsp3) is 0.381. The van der Waals surface area contributed by atoms with Crippen LogP contribution in [0.3, 0.4) is 0 Å². The van der Waals surface area contributed by atoms with Crippen LogP contribution in [-0.4, -0.2) is 46.2 Å². The molecule has 1 unspecified atom stereocenters. The van der Waals surface area contributed by atoms with Crippen molar-refractivity contribution in [3.63, 3.8) is 0 Å². The lowest BCUT2D eigenvalue weighted by Crippen LogP contribution is -2.45. The number of carbonyl (C=O) groups is 1. The number of nitrogens with zero attached hydrogens (tertiary/aromatic N) is 1. The molecule has 0 aliphatic carbocycles. The Bertz CT molecular complexity index is 1080. The van der Waals surface area contributed by atoms with E-state index in [-0.39, 0.29) is 9.79 Å². The smallest absolute Gasteiger partial charge is 0.243 e. The summed E-state index contributed by atoms with van der Waals surface area (Å²) in [5.74, 6) is -0.494. The molecule has 2 aromatic rings. The van der Waals surface area contributed by atoms with E-state index in [4.69, 9.17) is 0 Å². The summed E-state index contributed by atoms with van der Waals surface area (Å²) in [6.45, 7) is 7.51. The van der Waals surface area contributed by atoms with E-state index in [0.717, 1.165) is 0 Å². The highest BCUT2D eigenvalue weighted by Crippen LogP contribution is 2.19. The molecular weight excluding hydrogens is 438 g/mol. The van der Waals surface area contributed by atoms with Crippen molar-refractivity contribution in [2.45, 2.75) is 49.6 Å². The SMILES string of the molecule is CCN(CC)S(=O)(=O)c1ccc(C(C)NC(=O)[C@H](C)NS(=O)(=O)c2ccccc2)cc1. The van der Waals surface area contributed by atoms with Crippen molar-refractivity contribution in [3.8, 4) is 0 Å². The summed E-state index contributed by atoms with van der Waals surface area (Å²) in [6, 6.07) is 12.7. The van der Waals surface area contributed by atoms with Crippen molar-refractivity contribution in [3.05, 3.63) is 60.2 Å². The van der Waals surface area contributed by atoms with Gasteiger partial charge >= 0.3 is 0 Å². The number of hydrogen-bond acceptors (Lipinski definition) is 5. The molecule has 0 saturated heterocycles. The molecule has 0 aliphatic heterocycles. The molecule has 2 atom stereocenters. The molecule has 1 amide bonds. The first-order valence-corrected chi connectivity index (χ1v) is 12.9. The van der Waals surface area contributed by atoms with E-state index in [1.54, 1.807) is 51.1 Å². The summed E-state index contributed by atoms with van der Waals surface area (Å²) in [4.78, 5) is 12.7. The highest BCUT2D eigenvalue weighted by molar-refractivity contribution is 7.89. The van der Waals surface area contributed by atoms with E-state index in [1.807, 2.05) is 0 Å². The van der Waals surface area contributed by atoms with Crippen molar-refractivity contribution in [2.24, 2.45) is 0 Å². The zero-order valence-electron chi connectivity index (χ0n) is 18.1. The topological polar surface area (TPSA) is 113 Å². The molecule has 0 fully saturated rings. The lowest BCUT2D eigenvalue weighted by atomic mass is 10.1. The number of hydrogen-bond donors (Lipinski definition) is 2. The number of rotatable bonds is 10.